The zero-order valence-electron chi connectivity index (χ0n) is 12.6. The Morgan fingerprint density at radius 3 is 2.20 bits per heavy atom. The van der Waals surface area contributed by atoms with Gasteiger partial charge in [0.1, 0.15) is 12.4 Å². The maximum atomic E-state index is 5.78. The van der Waals surface area contributed by atoms with Crippen LogP contribution in [0, 0.1) is 6.92 Å². The van der Waals surface area contributed by atoms with Gasteiger partial charge in [0, 0.05) is 32.7 Å². The van der Waals surface area contributed by atoms with E-state index in [1.807, 2.05) is 12.1 Å². The van der Waals surface area contributed by atoms with Gasteiger partial charge in [0.25, 0.3) is 0 Å². The molecular formula is C16H27N3O. The normalized spacial score (nSPS) is 17.3. The van der Waals surface area contributed by atoms with E-state index in [4.69, 9.17) is 10.5 Å². The first-order valence-corrected chi connectivity index (χ1v) is 7.62. The SMILES string of the molecule is Cc1ccc(OCCN2CCN(CCCN)CC2)cc1. The van der Waals surface area contributed by atoms with Gasteiger partial charge in [0.05, 0.1) is 0 Å². The third kappa shape index (κ3) is 5.12. The molecular weight excluding hydrogens is 250 g/mol. The highest BCUT2D eigenvalue weighted by atomic mass is 16.5. The molecule has 0 aromatic heterocycles. The molecule has 0 unspecified atom stereocenters. The molecule has 1 fully saturated rings. The molecule has 0 amide bonds. The van der Waals surface area contributed by atoms with Gasteiger partial charge in [0.15, 0.2) is 0 Å². The molecule has 1 aromatic rings. The Bertz CT molecular complexity index is 372. The quantitative estimate of drug-likeness (QED) is 0.817. The van der Waals surface area contributed by atoms with Crippen LogP contribution in [0.5, 0.6) is 5.75 Å². The lowest BCUT2D eigenvalue weighted by Crippen LogP contribution is -2.47. The summed E-state index contributed by atoms with van der Waals surface area (Å²) in [5.41, 5.74) is 6.82. The molecule has 0 aliphatic carbocycles. The molecule has 20 heavy (non-hydrogen) atoms. The summed E-state index contributed by atoms with van der Waals surface area (Å²) < 4.78 is 5.78. The fraction of sp³-hybridized carbons (Fsp3) is 0.625. The number of hydrogen-bond acceptors (Lipinski definition) is 4. The van der Waals surface area contributed by atoms with Crippen molar-refractivity contribution < 1.29 is 4.74 Å². The third-order valence-corrected chi connectivity index (χ3v) is 3.84. The van der Waals surface area contributed by atoms with E-state index in [0.29, 0.717) is 0 Å². The van der Waals surface area contributed by atoms with Crippen LogP contribution in [-0.2, 0) is 0 Å². The molecule has 2 N–H and O–H groups in total. The number of ether oxygens (including phenoxy) is 1. The highest BCUT2D eigenvalue weighted by Crippen LogP contribution is 2.11. The molecule has 4 nitrogen and oxygen atoms in total. The number of hydrogen-bond donors (Lipinski definition) is 1. The molecule has 0 saturated carbocycles. The average molecular weight is 277 g/mol. The third-order valence-electron chi connectivity index (χ3n) is 3.84. The second kappa shape index (κ2) is 8.25. The molecule has 1 aromatic carbocycles. The van der Waals surface area contributed by atoms with Crippen LogP contribution in [0.15, 0.2) is 24.3 Å². The lowest BCUT2D eigenvalue weighted by molar-refractivity contribution is 0.116. The number of piperazine rings is 1. The van der Waals surface area contributed by atoms with Crippen LogP contribution in [0.2, 0.25) is 0 Å². The monoisotopic (exact) mass is 277 g/mol. The average Bonchev–Trinajstić information content (AvgIpc) is 2.48. The first kappa shape index (κ1) is 15.3. The number of benzene rings is 1. The highest BCUT2D eigenvalue weighted by Gasteiger charge is 2.15. The summed E-state index contributed by atoms with van der Waals surface area (Å²) in [5.74, 6) is 0.970. The van der Waals surface area contributed by atoms with Gasteiger partial charge in [-0.1, -0.05) is 17.7 Å². The van der Waals surface area contributed by atoms with Crippen LogP contribution in [0.1, 0.15) is 12.0 Å². The van der Waals surface area contributed by atoms with Crippen LogP contribution in [0.4, 0.5) is 0 Å². The zero-order chi connectivity index (χ0) is 14.2. The van der Waals surface area contributed by atoms with Gasteiger partial charge in [-0.25, -0.2) is 0 Å². The van der Waals surface area contributed by atoms with Crippen LogP contribution in [-0.4, -0.2) is 62.2 Å². The number of aryl methyl sites for hydroxylation is 1. The van der Waals surface area contributed by atoms with Gasteiger partial charge in [0.2, 0.25) is 0 Å². The summed E-state index contributed by atoms with van der Waals surface area (Å²) in [5, 5.41) is 0. The van der Waals surface area contributed by atoms with Gasteiger partial charge in [-0.3, -0.25) is 4.90 Å². The van der Waals surface area contributed by atoms with Crippen molar-refractivity contribution >= 4 is 0 Å². The second-order valence-corrected chi connectivity index (χ2v) is 5.49. The predicted molar refractivity (Wildman–Crippen MR) is 83.2 cm³/mol. The van der Waals surface area contributed by atoms with E-state index in [1.54, 1.807) is 0 Å². The Kier molecular flexibility index (Phi) is 6.30. The largest absolute Gasteiger partial charge is 0.492 e. The van der Waals surface area contributed by atoms with E-state index >= 15 is 0 Å². The van der Waals surface area contributed by atoms with Crippen molar-refractivity contribution in [1.29, 1.82) is 0 Å². The van der Waals surface area contributed by atoms with Crippen LogP contribution < -0.4 is 10.5 Å². The Balaban J connectivity index is 1.60. The van der Waals surface area contributed by atoms with Gasteiger partial charge in [-0.15, -0.1) is 0 Å². The summed E-state index contributed by atoms with van der Waals surface area (Å²) in [4.78, 5) is 4.98. The van der Waals surface area contributed by atoms with Crippen LogP contribution in [0.3, 0.4) is 0 Å². The lowest BCUT2D eigenvalue weighted by Gasteiger charge is -2.34. The summed E-state index contributed by atoms with van der Waals surface area (Å²) in [6.07, 6.45) is 1.11. The van der Waals surface area contributed by atoms with Crippen molar-refractivity contribution in [2.45, 2.75) is 13.3 Å². The van der Waals surface area contributed by atoms with E-state index < -0.39 is 0 Å². The fourth-order valence-electron chi connectivity index (χ4n) is 2.48. The second-order valence-electron chi connectivity index (χ2n) is 5.49. The van der Waals surface area contributed by atoms with Crippen molar-refractivity contribution in [1.82, 2.24) is 9.80 Å². The Labute approximate surface area is 122 Å². The van der Waals surface area contributed by atoms with E-state index in [9.17, 15) is 0 Å². The summed E-state index contributed by atoms with van der Waals surface area (Å²) in [6, 6.07) is 8.26. The molecule has 4 heteroatoms. The molecule has 0 atom stereocenters. The number of nitrogens with zero attached hydrogens (tertiary/aromatic N) is 2. The van der Waals surface area contributed by atoms with Crippen LogP contribution in [0.25, 0.3) is 0 Å². The maximum Gasteiger partial charge on any atom is 0.119 e. The van der Waals surface area contributed by atoms with E-state index in [1.165, 1.54) is 5.56 Å². The Morgan fingerprint density at radius 2 is 1.60 bits per heavy atom. The first-order valence-electron chi connectivity index (χ1n) is 7.62. The topological polar surface area (TPSA) is 41.7 Å². The van der Waals surface area contributed by atoms with Crippen molar-refractivity contribution in [2.24, 2.45) is 5.73 Å². The first-order chi connectivity index (χ1) is 9.78. The molecule has 112 valence electrons. The van der Waals surface area contributed by atoms with E-state index in [2.05, 4.69) is 28.9 Å². The van der Waals surface area contributed by atoms with Crippen molar-refractivity contribution in [3.05, 3.63) is 29.8 Å². The summed E-state index contributed by atoms with van der Waals surface area (Å²) in [6.45, 7) is 10.4. The number of nitrogens with two attached hydrogens (primary N) is 1. The molecule has 0 spiro atoms. The van der Waals surface area contributed by atoms with Gasteiger partial charge in [-0.05, 0) is 38.6 Å². The highest BCUT2D eigenvalue weighted by molar-refractivity contribution is 5.26. The molecule has 2 rings (SSSR count). The standard InChI is InChI=1S/C16H27N3O/c1-15-3-5-16(6-4-15)20-14-13-19-11-9-18(10-12-19)8-2-7-17/h3-6H,2,7-14,17H2,1H3. The minimum absolute atomic E-state index is 0.770. The Morgan fingerprint density at radius 1 is 1.00 bits per heavy atom. The predicted octanol–water partition coefficient (Wildman–Crippen LogP) is 1.34. The smallest absolute Gasteiger partial charge is 0.119 e. The number of rotatable bonds is 7. The maximum absolute atomic E-state index is 5.78. The van der Waals surface area contributed by atoms with Gasteiger partial charge < -0.3 is 15.4 Å². The van der Waals surface area contributed by atoms with Crippen LogP contribution >= 0.6 is 0 Å². The Hall–Kier alpha value is -1.10. The molecule has 0 radical (unpaired) electrons. The fourth-order valence-corrected chi connectivity index (χ4v) is 2.48. The molecule has 1 aliphatic heterocycles. The van der Waals surface area contributed by atoms with E-state index in [0.717, 1.165) is 64.6 Å². The minimum atomic E-state index is 0.770. The molecule has 1 heterocycles. The van der Waals surface area contributed by atoms with Crippen molar-refractivity contribution in [2.75, 3.05) is 52.4 Å². The minimum Gasteiger partial charge on any atom is -0.492 e. The van der Waals surface area contributed by atoms with Crippen molar-refractivity contribution in [3.8, 4) is 5.75 Å². The molecule has 1 aliphatic rings. The lowest BCUT2D eigenvalue weighted by atomic mass is 10.2. The zero-order valence-corrected chi connectivity index (χ0v) is 12.6. The summed E-state index contributed by atoms with van der Waals surface area (Å²) >= 11 is 0. The van der Waals surface area contributed by atoms with Gasteiger partial charge >= 0.3 is 0 Å². The summed E-state index contributed by atoms with van der Waals surface area (Å²) in [7, 11) is 0. The van der Waals surface area contributed by atoms with E-state index in [-0.39, 0.29) is 0 Å². The van der Waals surface area contributed by atoms with Gasteiger partial charge in [-0.2, -0.15) is 0 Å². The van der Waals surface area contributed by atoms with Crippen molar-refractivity contribution in [3.63, 3.8) is 0 Å². The molecule has 1 saturated heterocycles. The molecule has 0 bridgehead atoms.